The SMILES string of the molecule is CC1CCCC(C(=O)N2CCNC(=O)C2C)C1N. The fourth-order valence-electron chi connectivity index (χ4n) is 3.03. The average molecular weight is 253 g/mol. The van der Waals surface area contributed by atoms with Gasteiger partial charge in [0.25, 0.3) is 0 Å². The third-order valence-electron chi connectivity index (χ3n) is 4.40. The predicted molar refractivity (Wildman–Crippen MR) is 68.7 cm³/mol. The molecule has 4 atom stereocenters. The van der Waals surface area contributed by atoms with Gasteiger partial charge in [-0.15, -0.1) is 0 Å². The molecule has 1 aliphatic heterocycles. The van der Waals surface area contributed by atoms with E-state index in [1.165, 1.54) is 0 Å². The molecule has 0 aromatic rings. The molecule has 18 heavy (non-hydrogen) atoms. The summed E-state index contributed by atoms with van der Waals surface area (Å²) in [5, 5.41) is 2.78. The van der Waals surface area contributed by atoms with Gasteiger partial charge in [0.2, 0.25) is 11.8 Å². The van der Waals surface area contributed by atoms with E-state index in [4.69, 9.17) is 5.73 Å². The largest absolute Gasteiger partial charge is 0.353 e. The van der Waals surface area contributed by atoms with E-state index in [9.17, 15) is 9.59 Å². The number of nitrogens with one attached hydrogen (secondary N) is 1. The normalized spacial score (nSPS) is 37.3. The highest BCUT2D eigenvalue weighted by Gasteiger charge is 2.38. The van der Waals surface area contributed by atoms with E-state index in [2.05, 4.69) is 12.2 Å². The highest BCUT2D eigenvalue weighted by molar-refractivity contribution is 5.89. The number of piperazine rings is 1. The van der Waals surface area contributed by atoms with Crippen LogP contribution in [0.4, 0.5) is 0 Å². The van der Waals surface area contributed by atoms with Crippen molar-refractivity contribution in [1.82, 2.24) is 10.2 Å². The summed E-state index contributed by atoms with van der Waals surface area (Å²) < 4.78 is 0. The lowest BCUT2D eigenvalue weighted by Gasteiger charge is -2.39. The van der Waals surface area contributed by atoms with Gasteiger partial charge in [0.15, 0.2) is 0 Å². The number of hydrogen-bond acceptors (Lipinski definition) is 3. The smallest absolute Gasteiger partial charge is 0.242 e. The van der Waals surface area contributed by atoms with Crippen molar-refractivity contribution < 1.29 is 9.59 Å². The fourth-order valence-corrected chi connectivity index (χ4v) is 3.03. The Kier molecular flexibility index (Phi) is 3.90. The number of rotatable bonds is 1. The second kappa shape index (κ2) is 5.26. The monoisotopic (exact) mass is 253 g/mol. The van der Waals surface area contributed by atoms with Crippen LogP contribution in [0.15, 0.2) is 0 Å². The minimum Gasteiger partial charge on any atom is -0.353 e. The first-order valence-corrected chi connectivity index (χ1v) is 6.86. The Balaban J connectivity index is 2.08. The van der Waals surface area contributed by atoms with Crippen LogP contribution in [0.5, 0.6) is 0 Å². The molecule has 0 bridgehead atoms. The molecule has 2 amide bonds. The van der Waals surface area contributed by atoms with Crippen LogP contribution in [0.1, 0.15) is 33.1 Å². The summed E-state index contributed by atoms with van der Waals surface area (Å²) in [6.07, 6.45) is 3.01. The zero-order valence-electron chi connectivity index (χ0n) is 11.2. The van der Waals surface area contributed by atoms with E-state index in [1.807, 2.05) is 0 Å². The van der Waals surface area contributed by atoms with Gasteiger partial charge in [-0.05, 0) is 25.7 Å². The minimum atomic E-state index is -0.365. The Morgan fingerprint density at radius 2 is 2.11 bits per heavy atom. The Labute approximate surface area is 108 Å². The first-order chi connectivity index (χ1) is 8.52. The van der Waals surface area contributed by atoms with Crippen LogP contribution in [-0.4, -0.2) is 41.9 Å². The number of amides is 2. The lowest BCUT2D eigenvalue weighted by Crippen LogP contribution is -2.59. The summed E-state index contributed by atoms with van der Waals surface area (Å²) in [5.41, 5.74) is 6.16. The number of nitrogens with zero attached hydrogens (tertiary/aromatic N) is 1. The molecular formula is C13H23N3O2. The van der Waals surface area contributed by atoms with Crippen molar-refractivity contribution in [3.05, 3.63) is 0 Å². The molecule has 3 N–H and O–H groups in total. The topological polar surface area (TPSA) is 75.4 Å². The molecule has 1 heterocycles. The maximum absolute atomic E-state index is 12.5. The summed E-state index contributed by atoms with van der Waals surface area (Å²) in [7, 11) is 0. The van der Waals surface area contributed by atoms with Crippen molar-refractivity contribution >= 4 is 11.8 Å². The maximum atomic E-state index is 12.5. The molecule has 0 aromatic carbocycles. The maximum Gasteiger partial charge on any atom is 0.242 e. The van der Waals surface area contributed by atoms with Crippen molar-refractivity contribution in [3.63, 3.8) is 0 Å². The van der Waals surface area contributed by atoms with Crippen LogP contribution < -0.4 is 11.1 Å². The summed E-state index contributed by atoms with van der Waals surface area (Å²) in [4.78, 5) is 25.8. The molecule has 1 aliphatic carbocycles. The number of nitrogens with two attached hydrogens (primary N) is 1. The van der Waals surface area contributed by atoms with E-state index < -0.39 is 0 Å². The molecule has 4 unspecified atom stereocenters. The highest BCUT2D eigenvalue weighted by atomic mass is 16.2. The lowest BCUT2D eigenvalue weighted by molar-refractivity contribution is -0.147. The van der Waals surface area contributed by atoms with Gasteiger partial charge >= 0.3 is 0 Å². The standard InChI is InChI=1S/C13H23N3O2/c1-8-4-3-5-10(11(8)14)13(18)16-7-6-15-12(17)9(16)2/h8-11H,3-7,14H2,1-2H3,(H,15,17). The molecule has 2 rings (SSSR count). The van der Waals surface area contributed by atoms with Gasteiger partial charge in [0.05, 0.1) is 5.92 Å². The molecule has 0 aromatic heterocycles. The third-order valence-corrected chi connectivity index (χ3v) is 4.40. The molecular weight excluding hydrogens is 230 g/mol. The molecule has 0 spiro atoms. The quantitative estimate of drug-likeness (QED) is 0.696. The Bertz CT molecular complexity index is 345. The molecule has 2 fully saturated rings. The molecule has 1 saturated carbocycles. The minimum absolute atomic E-state index is 0.0629. The lowest BCUT2D eigenvalue weighted by atomic mass is 9.77. The van der Waals surface area contributed by atoms with E-state index in [0.717, 1.165) is 19.3 Å². The first-order valence-electron chi connectivity index (χ1n) is 6.86. The number of carbonyl (C=O) groups excluding carboxylic acids is 2. The zero-order valence-corrected chi connectivity index (χ0v) is 11.2. The van der Waals surface area contributed by atoms with E-state index >= 15 is 0 Å². The van der Waals surface area contributed by atoms with Crippen molar-refractivity contribution in [3.8, 4) is 0 Å². The number of carbonyl (C=O) groups is 2. The van der Waals surface area contributed by atoms with Crippen LogP contribution in [0.3, 0.4) is 0 Å². The van der Waals surface area contributed by atoms with Crippen LogP contribution in [0, 0.1) is 11.8 Å². The number of hydrogen-bond donors (Lipinski definition) is 2. The van der Waals surface area contributed by atoms with Crippen molar-refractivity contribution in [1.29, 1.82) is 0 Å². The van der Waals surface area contributed by atoms with Gasteiger partial charge in [-0.1, -0.05) is 13.3 Å². The molecule has 2 aliphatic rings. The highest BCUT2D eigenvalue weighted by Crippen LogP contribution is 2.29. The first kappa shape index (κ1) is 13.3. The third kappa shape index (κ3) is 2.36. The van der Waals surface area contributed by atoms with Gasteiger partial charge in [-0.25, -0.2) is 0 Å². The van der Waals surface area contributed by atoms with Crippen molar-refractivity contribution in [2.45, 2.75) is 45.2 Å². The van der Waals surface area contributed by atoms with E-state index in [0.29, 0.717) is 19.0 Å². The zero-order chi connectivity index (χ0) is 13.3. The Morgan fingerprint density at radius 1 is 1.39 bits per heavy atom. The van der Waals surface area contributed by atoms with Gasteiger partial charge in [-0.3, -0.25) is 9.59 Å². The fraction of sp³-hybridized carbons (Fsp3) is 0.846. The predicted octanol–water partition coefficient (Wildman–Crippen LogP) is 0.0968. The molecule has 5 nitrogen and oxygen atoms in total. The second-order valence-electron chi connectivity index (χ2n) is 5.59. The Hall–Kier alpha value is -1.10. The van der Waals surface area contributed by atoms with Crippen LogP contribution >= 0.6 is 0 Å². The van der Waals surface area contributed by atoms with Gasteiger partial charge in [0.1, 0.15) is 6.04 Å². The Morgan fingerprint density at radius 3 is 2.83 bits per heavy atom. The molecule has 0 radical (unpaired) electrons. The van der Waals surface area contributed by atoms with Gasteiger partial charge in [0, 0.05) is 19.1 Å². The second-order valence-corrected chi connectivity index (χ2v) is 5.59. The summed E-state index contributed by atoms with van der Waals surface area (Å²) >= 11 is 0. The van der Waals surface area contributed by atoms with Crippen LogP contribution in [0.2, 0.25) is 0 Å². The van der Waals surface area contributed by atoms with Crippen molar-refractivity contribution in [2.24, 2.45) is 17.6 Å². The van der Waals surface area contributed by atoms with Crippen LogP contribution in [0.25, 0.3) is 0 Å². The average Bonchev–Trinajstić information content (AvgIpc) is 2.35. The van der Waals surface area contributed by atoms with Crippen LogP contribution in [-0.2, 0) is 9.59 Å². The van der Waals surface area contributed by atoms with E-state index in [-0.39, 0.29) is 29.8 Å². The molecule has 5 heteroatoms. The van der Waals surface area contributed by atoms with E-state index in [1.54, 1.807) is 11.8 Å². The summed E-state index contributed by atoms with van der Waals surface area (Å²) in [6, 6.07) is -0.431. The van der Waals surface area contributed by atoms with Gasteiger partial charge in [-0.2, -0.15) is 0 Å². The summed E-state index contributed by atoms with van der Waals surface area (Å²) in [6.45, 7) is 5.04. The van der Waals surface area contributed by atoms with Gasteiger partial charge < -0.3 is 16.0 Å². The molecule has 102 valence electrons. The molecule has 1 saturated heterocycles. The van der Waals surface area contributed by atoms with Crippen molar-refractivity contribution in [2.75, 3.05) is 13.1 Å². The summed E-state index contributed by atoms with van der Waals surface area (Å²) in [5.74, 6) is 0.284.